The molecule has 0 saturated carbocycles. The molecule has 132 valence electrons. The van der Waals surface area contributed by atoms with Crippen LogP contribution in [-0.2, 0) is 0 Å². The van der Waals surface area contributed by atoms with Crippen molar-refractivity contribution in [3.63, 3.8) is 0 Å². The molecule has 3 rings (SSSR count). The third kappa shape index (κ3) is 4.73. The molecular formula is C23H24N2O. The Morgan fingerprint density at radius 2 is 1.35 bits per heavy atom. The molecule has 0 bridgehead atoms. The summed E-state index contributed by atoms with van der Waals surface area (Å²) in [5, 5.41) is 5.89. The van der Waals surface area contributed by atoms with E-state index in [1.165, 1.54) is 11.1 Å². The van der Waals surface area contributed by atoms with E-state index in [0.29, 0.717) is 6.54 Å². The highest BCUT2D eigenvalue weighted by molar-refractivity contribution is 5.89. The van der Waals surface area contributed by atoms with Crippen molar-refractivity contribution in [2.45, 2.75) is 19.3 Å². The lowest BCUT2D eigenvalue weighted by atomic mass is 9.88. The van der Waals surface area contributed by atoms with Crippen molar-refractivity contribution in [2.75, 3.05) is 11.9 Å². The fraction of sp³-hybridized carbons (Fsp3) is 0.174. The molecule has 3 nitrogen and oxygen atoms in total. The van der Waals surface area contributed by atoms with Crippen molar-refractivity contribution in [1.82, 2.24) is 5.32 Å². The largest absolute Gasteiger partial charge is 0.338 e. The predicted octanol–water partition coefficient (Wildman–Crippen LogP) is 5.34. The van der Waals surface area contributed by atoms with Crippen LogP contribution in [0.4, 0.5) is 10.5 Å². The highest BCUT2D eigenvalue weighted by Gasteiger charge is 2.14. The van der Waals surface area contributed by atoms with Crippen molar-refractivity contribution in [1.29, 1.82) is 0 Å². The molecule has 26 heavy (non-hydrogen) atoms. The molecule has 0 radical (unpaired) electrons. The number of amides is 2. The number of carbonyl (C=O) groups is 1. The summed E-state index contributed by atoms with van der Waals surface area (Å²) in [6.07, 6.45) is 0.842. The topological polar surface area (TPSA) is 41.1 Å². The van der Waals surface area contributed by atoms with E-state index >= 15 is 0 Å². The maximum atomic E-state index is 12.2. The Balaban J connectivity index is 1.62. The normalized spacial score (nSPS) is 10.5. The fourth-order valence-electron chi connectivity index (χ4n) is 3.11. The fourth-order valence-corrected chi connectivity index (χ4v) is 3.11. The monoisotopic (exact) mass is 344 g/mol. The third-order valence-electron chi connectivity index (χ3n) is 4.52. The highest BCUT2D eigenvalue weighted by Crippen LogP contribution is 2.27. The van der Waals surface area contributed by atoms with Gasteiger partial charge in [0.1, 0.15) is 0 Å². The van der Waals surface area contributed by atoms with Crippen LogP contribution in [-0.4, -0.2) is 12.6 Å². The Kier molecular flexibility index (Phi) is 6.05. The maximum absolute atomic E-state index is 12.2. The average Bonchev–Trinajstić information content (AvgIpc) is 2.68. The zero-order valence-electron chi connectivity index (χ0n) is 15.0. The molecule has 0 spiro atoms. The number of para-hydroxylation sites is 1. The van der Waals surface area contributed by atoms with Crippen molar-refractivity contribution >= 4 is 11.7 Å². The highest BCUT2D eigenvalue weighted by atomic mass is 16.2. The van der Waals surface area contributed by atoms with Gasteiger partial charge in [-0.05, 0) is 36.1 Å². The summed E-state index contributed by atoms with van der Waals surface area (Å²) < 4.78 is 0. The average molecular weight is 344 g/mol. The van der Waals surface area contributed by atoms with Gasteiger partial charge in [-0.3, -0.25) is 0 Å². The van der Waals surface area contributed by atoms with Crippen LogP contribution in [0.25, 0.3) is 0 Å². The van der Waals surface area contributed by atoms with Gasteiger partial charge in [-0.15, -0.1) is 0 Å². The van der Waals surface area contributed by atoms with Crippen LogP contribution in [0.5, 0.6) is 0 Å². The Morgan fingerprint density at radius 3 is 1.92 bits per heavy atom. The Morgan fingerprint density at radius 1 is 0.808 bits per heavy atom. The van der Waals surface area contributed by atoms with Gasteiger partial charge in [0, 0.05) is 18.2 Å². The molecule has 0 fully saturated rings. The smallest absolute Gasteiger partial charge is 0.319 e. The Bertz CT molecular complexity index is 792. The van der Waals surface area contributed by atoms with Crippen molar-refractivity contribution < 1.29 is 4.79 Å². The minimum atomic E-state index is -0.167. The minimum absolute atomic E-state index is 0.167. The molecule has 0 heterocycles. The van der Waals surface area contributed by atoms with Gasteiger partial charge in [-0.2, -0.15) is 0 Å². The molecule has 0 atom stereocenters. The number of nitrogens with one attached hydrogen (secondary N) is 2. The van der Waals surface area contributed by atoms with Gasteiger partial charge in [-0.25, -0.2) is 4.79 Å². The van der Waals surface area contributed by atoms with Crippen LogP contribution >= 0.6 is 0 Å². The van der Waals surface area contributed by atoms with Crippen LogP contribution < -0.4 is 10.6 Å². The van der Waals surface area contributed by atoms with E-state index in [4.69, 9.17) is 0 Å². The molecule has 0 aliphatic heterocycles. The van der Waals surface area contributed by atoms with E-state index in [9.17, 15) is 4.79 Å². The number of hydrogen-bond acceptors (Lipinski definition) is 1. The Labute approximate surface area is 155 Å². The van der Waals surface area contributed by atoms with Gasteiger partial charge in [0.2, 0.25) is 0 Å². The zero-order chi connectivity index (χ0) is 18.2. The number of aryl methyl sites for hydroxylation is 1. The standard InChI is InChI=1S/C23H24N2O/c1-18-10-8-9-15-22(18)25-23(26)24-17-16-21(19-11-4-2-5-12-19)20-13-6-3-7-14-20/h2-15,21H,16-17H2,1H3,(H2,24,25,26). The lowest BCUT2D eigenvalue weighted by Crippen LogP contribution is -2.30. The molecule has 0 aliphatic rings. The Hall–Kier alpha value is -3.07. The molecule has 3 aromatic carbocycles. The van der Waals surface area contributed by atoms with Gasteiger partial charge in [0.25, 0.3) is 0 Å². The number of rotatable bonds is 6. The SMILES string of the molecule is Cc1ccccc1NC(=O)NCCC(c1ccccc1)c1ccccc1. The minimum Gasteiger partial charge on any atom is -0.338 e. The zero-order valence-corrected chi connectivity index (χ0v) is 15.0. The number of benzene rings is 3. The lowest BCUT2D eigenvalue weighted by Gasteiger charge is -2.18. The first-order valence-electron chi connectivity index (χ1n) is 8.94. The van der Waals surface area contributed by atoms with Crippen LogP contribution in [0.1, 0.15) is 29.0 Å². The van der Waals surface area contributed by atoms with Crippen LogP contribution in [0.2, 0.25) is 0 Å². The molecule has 0 saturated heterocycles. The maximum Gasteiger partial charge on any atom is 0.319 e. The van der Waals surface area contributed by atoms with Gasteiger partial charge in [0.15, 0.2) is 0 Å². The van der Waals surface area contributed by atoms with E-state index in [1.54, 1.807) is 0 Å². The second-order valence-electron chi connectivity index (χ2n) is 6.36. The third-order valence-corrected chi connectivity index (χ3v) is 4.52. The van der Waals surface area contributed by atoms with Gasteiger partial charge >= 0.3 is 6.03 Å². The molecule has 0 unspecified atom stereocenters. The first-order chi connectivity index (χ1) is 12.7. The summed E-state index contributed by atoms with van der Waals surface area (Å²) in [5.74, 6) is 0.260. The van der Waals surface area contributed by atoms with E-state index in [0.717, 1.165) is 17.7 Å². The summed E-state index contributed by atoms with van der Waals surface area (Å²) in [6.45, 7) is 2.59. The molecule has 3 aromatic rings. The van der Waals surface area contributed by atoms with Crippen LogP contribution in [0, 0.1) is 6.92 Å². The van der Waals surface area contributed by atoms with Gasteiger partial charge in [-0.1, -0.05) is 78.9 Å². The molecular weight excluding hydrogens is 320 g/mol. The summed E-state index contributed by atoms with van der Waals surface area (Å²) in [7, 11) is 0. The van der Waals surface area contributed by atoms with E-state index in [2.05, 4.69) is 59.2 Å². The van der Waals surface area contributed by atoms with Gasteiger partial charge < -0.3 is 10.6 Å². The van der Waals surface area contributed by atoms with Crippen LogP contribution in [0.15, 0.2) is 84.9 Å². The quantitative estimate of drug-likeness (QED) is 0.623. The van der Waals surface area contributed by atoms with E-state index in [1.807, 2.05) is 43.3 Å². The van der Waals surface area contributed by atoms with Gasteiger partial charge in [0.05, 0.1) is 0 Å². The number of urea groups is 1. The van der Waals surface area contributed by atoms with E-state index < -0.39 is 0 Å². The second-order valence-corrected chi connectivity index (χ2v) is 6.36. The summed E-state index contributed by atoms with van der Waals surface area (Å²) >= 11 is 0. The molecule has 2 N–H and O–H groups in total. The lowest BCUT2D eigenvalue weighted by molar-refractivity contribution is 0.252. The molecule has 3 heteroatoms. The van der Waals surface area contributed by atoms with E-state index in [-0.39, 0.29) is 11.9 Å². The first kappa shape index (κ1) is 17.7. The van der Waals surface area contributed by atoms with Crippen molar-refractivity contribution in [3.05, 3.63) is 102 Å². The molecule has 0 aliphatic carbocycles. The van der Waals surface area contributed by atoms with Crippen molar-refractivity contribution in [2.24, 2.45) is 0 Å². The summed E-state index contributed by atoms with van der Waals surface area (Å²) in [5.41, 5.74) is 4.42. The molecule has 2 amide bonds. The van der Waals surface area contributed by atoms with Crippen LogP contribution in [0.3, 0.4) is 0 Å². The molecule has 0 aromatic heterocycles. The van der Waals surface area contributed by atoms with Crippen molar-refractivity contribution in [3.8, 4) is 0 Å². The first-order valence-corrected chi connectivity index (χ1v) is 8.94. The number of hydrogen-bond donors (Lipinski definition) is 2. The summed E-state index contributed by atoms with van der Waals surface area (Å²) in [4.78, 5) is 12.2. The predicted molar refractivity (Wildman–Crippen MR) is 108 cm³/mol. The second kappa shape index (κ2) is 8.86. The number of anilines is 1. The summed E-state index contributed by atoms with van der Waals surface area (Å²) in [6, 6.07) is 28.5. The number of carbonyl (C=O) groups excluding carboxylic acids is 1.